The number of ether oxygens (including phenoxy) is 1. The van der Waals surface area contributed by atoms with E-state index in [9.17, 15) is 9.18 Å². The van der Waals surface area contributed by atoms with Gasteiger partial charge < -0.3 is 14.5 Å². The van der Waals surface area contributed by atoms with Crippen molar-refractivity contribution in [3.63, 3.8) is 0 Å². The van der Waals surface area contributed by atoms with Crippen molar-refractivity contribution >= 4 is 11.6 Å². The fraction of sp³-hybridized carbons (Fsp3) is 0.217. The molecule has 0 bridgehead atoms. The Hall–Kier alpha value is -4.01. The van der Waals surface area contributed by atoms with Gasteiger partial charge in [-0.1, -0.05) is 23.4 Å². The van der Waals surface area contributed by atoms with Gasteiger partial charge in [-0.3, -0.25) is 4.79 Å². The van der Waals surface area contributed by atoms with Gasteiger partial charge in [-0.2, -0.15) is 0 Å². The van der Waals surface area contributed by atoms with Crippen LogP contribution in [0.3, 0.4) is 0 Å². The normalized spacial score (nSPS) is 10.9. The van der Waals surface area contributed by atoms with Gasteiger partial charge in [-0.05, 0) is 50.6 Å². The summed E-state index contributed by atoms with van der Waals surface area (Å²) in [5.74, 6) is 0.825. The molecule has 0 fully saturated rings. The van der Waals surface area contributed by atoms with Crippen LogP contribution in [-0.2, 0) is 6.54 Å². The lowest BCUT2D eigenvalue weighted by molar-refractivity contribution is 0.102. The maximum atomic E-state index is 13.5. The van der Waals surface area contributed by atoms with Crippen LogP contribution in [0.5, 0.6) is 5.75 Å². The highest BCUT2D eigenvalue weighted by Gasteiger charge is 2.20. The lowest BCUT2D eigenvalue weighted by atomic mass is 10.2. The third-order valence-electron chi connectivity index (χ3n) is 5.18. The van der Waals surface area contributed by atoms with Crippen LogP contribution in [0.4, 0.5) is 10.1 Å². The Morgan fingerprint density at radius 2 is 1.97 bits per heavy atom. The Labute approximate surface area is 184 Å². The van der Waals surface area contributed by atoms with Crippen LogP contribution in [0.2, 0.25) is 0 Å². The molecule has 0 saturated carbocycles. The van der Waals surface area contributed by atoms with E-state index in [0.29, 0.717) is 34.5 Å². The molecule has 4 aromatic rings. The Morgan fingerprint density at radius 3 is 2.75 bits per heavy atom. The van der Waals surface area contributed by atoms with Crippen LogP contribution in [-0.4, -0.2) is 33.0 Å². The predicted molar refractivity (Wildman–Crippen MR) is 116 cm³/mol. The van der Waals surface area contributed by atoms with Gasteiger partial charge in [-0.15, -0.1) is 5.10 Å². The second-order valence-electron chi connectivity index (χ2n) is 7.32. The van der Waals surface area contributed by atoms with E-state index in [-0.39, 0.29) is 12.2 Å². The highest BCUT2D eigenvalue weighted by molar-refractivity contribution is 6.03. The van der Waals surface area contributed by atoms with E-state index in [4.69, 9.17) is 9.15 Å². The molecule has 0 saturated heterocycles. The van der Waals surface area contributed by atoms with Gasteiger partial charge in [0.1, 0.15) is 23.0 Å². The van der Waals surface area contributed by atoms with Crippen molar-refractivity contribution in [3.05, 3.63) is 76.7 Å². The standard InChI is InChI=1S/C23H22FN5O3/c1-13-9-10-16(24)11-18(13)25-22(30)21-14(2)29(28-27-21)12-19-15(3)32-23(26-19)17-7-5-6-8-20(17)31-4/h5-11H,12H2,1-4H3,(H,25,30). The summed E-state index contributed by atoms with van der Waals surface area (Å²) in [5.41, 5.74) is 3.24. The number of nitrogens with zero attached hydrogens (tertiary/aromatic N) is 4. The number of hydrogen-bond acceptors (Lipinski definition) is 6. The molecular formula is C23H22FN5O3. The fourth-order valence-electron chi connectivity index (χ4n) is 3.28. The maximum Gasteiger partial charge on any atom is 0.278 e. The molecule has 8 nitrogen and oxygen atoms in total. The van der Waals surface area contributed by atoms with Gasteiger partial charge in [0.25, 0.3) is 5.91 Å². The molecule has 0 spiro atoms. The number of nitrogens with one attached hydrogen (secondary N) is 1. The SMILES string of the molecule is COc1ccccc1-c1nc(Cn2nnc(C(=O)Nc3cc(F)ccc3C)c2C)c(C)o1. The van der Waals surface area contributed by atoms with Gasteiger partial charge in [0.2, 0.25) is 5.89 Å². The predicted octanol–water partition coefficient (Wildman–Crippen LogP) is 4.31. The highest BCUT2D eigenvalue weighted by Crippen LogP contribution is 2.30. The smallest absolute Gasteiger partial charge is 0.278 e. The molecule has 2 aromatic carbocycles. The van der Waals surface area contributed by atoms with Gasteiger partial charge in [0.15, 0.2) is 5.69 Å². The van der Waals surface area contributed by atoms with E-state index in [1.807, 2.05) is 31.2 Å². The summed E-state index contributed by atoms with van der Waals surface area (Å²) in [6.07, 6.45) is 0. The minimum Gasteiger partial charge on any atom is -0.496 e. The minimum absolute atomic E-state index is 0.153. The van der Waals surface area contributed by atoms with Gasteiger partial charge in [-0.25, -0.2) is 14.1 Å². The average molecular weight is 435 g/mol. The zero-order chi connectivity index (χ0) is 22.8. The molecule has 0 aliphatic carbocycles. The van der Waals surface area contributed by atoms with Crippen LogP contribution in [0.1, 0.15) is 33.2 Å². The highest BCUT2D eigenvalue weighted by atomic mass is 19.1. The summed E-state index contributed by atoms with van der Waals surface area (Å²) < 4.78 is 26.3. The Balaban J connectivity index is 1.56. The van der Waals surface area contributed by atoms with E-state index < -0.39 is 11.7 Å². The average Bonchev–Trinajstić information content (AvgIpc) is 3.33. The number of carbonyl (C=O) groups is 1. The van der Waals surface area contributed by atoms with Crippen LogP contribution < -0.4 is 10.1 Å². The van der Waals surface area contributed by atoms with Gasteiger partial charge in [0, 0.05) is 5.69 Å². The monoisotopic (exact) mass is 435 g/mol. The van der Waals surface area contributed by atoms with Crippen LogP contribution in [0.25, 0.3) is 11.5 Å². The molecule has 0 radical (unpaired) electrons. The first-order valence-electron chi connectivity index (χ1n) is 9.94. The summed E-state index contributed by atoms with van der Waals surface area (Å²) in [5, 5.41) is 10.8. The number of hydrogen-bond donors (Lipinski definition) is 1. The number of rotatable bonds is 6. The molecule has 0 aliphatic rings. The molecule has 2 heterocycles. The maximum absolute atomic E-state index is 13.5. The fourth-order valence-corrected chi connectivity index (χ4v) is 3.28. The van der Waals surface area contributed by atoms with Crippen LogP contribution in [0, 0.1) is 26.6 Å². The van der Waals surface area contributed by atoms with E-state index in [1.54, 1.807) is 31.7 Å². The molecule has 2 aromatic heterocycles. The van der Waals surface area contributed by atoms with Crippen molar-refractivity contribution in [2.24, 2.45) is 0 Å². The van der Waals surface area contributed by atoms with Crippen molar-refractivity contribution in [2.45, 2.75) is 27.3 Å². The number of halogens is 1. The molecule has 1 amide bonds. The lowest BCUT2D eigenvalue weighted by Gasteiger charge is -2.07. The number of amides is 1. The number of oxazole rings is 1. The summed E-state index contributed by atoms with van der Waals surface area (Å²) >= 11 is 0. The lowest BCUT2D eigenvalue weighted by Crippen LogP contribution is -2.15. The first-order valence-corrected chi connectivity index (χ1v) is 9.94. The Bertz CT molecular complexity index is 1290. The third-order valence-corrected chi connectivity index (χ3v) is 5.18. The number of carbonyl (C=O) groups excluding carboxylic acids is 1. The molecule has 9 heteroatoms. The van der Waals surface area contributed by atoms with Crippen LogP contribution in [0.15, 0.2) is 46.9 Å². The van der Waals surface area contributed by atoms with E-state index in [1.165, 1.54) is 12.1 Å². The quantitative estimate of drug-likeness (QED) is 0.485. The van der Waals surface area contributed by atoms with Crippen molar-refractivity contribution in [2.75, 3.05) is 12.4 Å². The largest absolute Gasteiger partial charge is 0.496 e. The second kappa shape index (κ2) is 8.62. The Morgan fingerprint density at radius 1 is 1.19 bits per heavy atom. The zero-order valence-corrected chi connectivity index (χ0v) is 18.1. The molecular weight excluding hydrogens is 413 g/mol. The molecule has 1 N–H and O–H groups in total. The molecule has 0 unspecified atom stereocenters. The third kappa shape index (κ3) is 4.09. The first kappa shape index (κ1) is 21.2. The number of methoxy groups -OCH3 is 1. The van der Waals surface area contributed by atoms with Crippen molar-refractivity contribution in [1.29, 1.82) is 0 Å². The number of aryl methyl sites for hydroxylation is 2. The number of aromatic nitrogens is 4. The summed E-state index contributed by atoms with van der Waals surface area (Å²) in [7, 11) is 1.59. The molecule has 4 rings (SSSR count). The van der Waals surface area contributed by atoms with Crippen molar-refractivity contribution in [3.8, 4) is 17.2 Å². The summed E-state index contributed by atoms with van der Waals surface area (Å²) in [6, 6.07) is 11.7. The van der Waals surface area contributed by atoms with E-state index >= 15 is 0 Å². The molecule has 164 valence electrons. The second-order valence-corrected chi connectivity index (χ2v) is 7.32. The minimum atomic E-state index is -0.464. The molecule has 0 atom stereocenters. The van der Waals surface area contributed by atoms with Crippen molar-refractivity contribution in [1.82, 2.24) is 20.0 Å². The van der Waals surface area contributed by atoms with E-state index in [2.05, 4.69) is 20.6 Å². The first-order chi connectivity index (χ1) is 15.4. The topological polar surface area (TPSA) is 95.1 Å². The van der Waals surface area contributed by atoms with Crippen molar-refractivity contribution < 1.29 is 18.3 Å². The molecule has 32 heavy (non-hydrogen) atoms. The van der Waals surface area contributed by atoms with Crippen LogP contribution >= 0.6 is 0 Å². The van der Waals surface area contributed by atoms with Gasteiger partial charge in [0.05, 0.1) is 24.9 Å². The summed E-state index contributed by atoms with van der Waals surface area (Å²) in [6.45, 7) is 5.61. The molecule has 0 aliphatic heterocycles. The Kier molecular flexibility index (Phi) is 5.72. The zero-order valence-electron chi connectivity index (χ0n) is 18.1. The number of benzene rings is 2. The number of para-hydroxylation sites is 1. The van der Waals surface area contributed by atoms with E-state index in [0.717, 1.165) is 11.1 Å². The van der Waals surface area contributed by atoms with Gasteiger partial charge >= 0.3 is 0 Å². The summed E-state index contributed by atoms with van der Waals surface area (Å²) in [4.78, 5) is 17.3. The number of anilines is 1.